The average molecular weight is 287 g/mol. The number of nitrogens with one attached hydrogen (secondary N) is 1. The molecule has 1 aromatic rings. The number of nitrogens with zero attached hydrogens (tertiary/aromatic N) is 3. The third-order valence-electron chi connectivity index (χ3n) is 2.43. The van der Waals surface area contributed by atoms with Crippen LogP contribution < -0.4 is 15.1 Å². The Hall–Kier alpha value is -1.77. The molecule has 104 valence electrons. The van der Waals surface area contributed by atoms with E-state index in [1.165, 1.54) is 11.0 Å². The summed E-state index contributed by atoms with van der Waals surface area (Å²) in [4.78, 5) is 24.1. The lowest BCUT2D eigenvalue weighted by atomic mass is 10.6. The maximum Gasteiger partial charge on any atom is 0.397 e. The quantitative estimate of drug-likeness (QED) is 0.440. The Bertz CT molecular complexity index is 458. The van der Waals surface area contributed by atoms with Gasteiger partial charge in [0.05, 0.1) is 24.5 Å². The molecule has 0 atom stereocenters. The number of carbonyl (C=O) groups excluding carboxylic acids is 2. The molecule has 1 N–H and O–H groups in total. The van der Waals surface area contributed by atoms with Crippen LogP contribution in [0.1, 0.15) is 6.92 Å². The van der Waals surface area contributed by atoms with Crippen molar-refractivity contribution in [1.82, 2.24) is 5.27 Å². The maximum absolute atomic E-state index is 11.4. The number of aromatic nitrogens is 2. The lowest BCUT2D eigenvalue weighted by Crippen LogP contribution is -2.61. The van der Waals surface area contributed by atoms with Crippen molar-refractivity contribution >= 4 is 29.5 Å². The van der Waals surface area contributed by atoms with Crippen molar-refractivity contribution < 1.29 is 23.6 Å². The van der Waals surface area contributed by atoms with Crippen molar-refractivity contribution in [1.29, 1.82) is 0 Å². The fourth-order valence-electron chi connectivity index (χ4n) is 1.54. The van der Waals surface area contributed by atoms with Crippen molar-refractivity contribution in [3.8, 4) is 0 Å². The van der Waals surface area contributed by atoms with Crippen LogP contribution in [-0.4, -0.2) is 48.3 Å². The van der Waals surface area contributed by atoms with Gasteiger partial charge in [0.2, 0.25) is 5.27 Å². The normalized spacial score (nSPS) is 15.1. The molecule has 1 aliphatic heterocycles. The molecule has 8 nitrogen and oxygen atoms in total. The smallest absolute Gasteiger partial charge is 0.397 e. The zero-order valence-electron chi connectivity index (χ0n) is 10.5. The van der Waals surface area contributed by atoms with Crippen LogP contribution >= 0.6 is 11.8 Å². The van der Waals surface area contributed by atoms with E-state index in [0.29, 0.717) is 0 Å². The summed E-state index contributed by atoms with van der Waals surface area (Å²) in [5.74, 6) is 0.324. The van der Waals surface area contributed by atoms with Gasteiger partial charge >= 0.3 is 17.8 Å². The lowest BCUT2D eigenvalue weighted by molar-refractivity contribution is -0.757. The van der Waals surface area contributed by atoms with Crippen LogP contribution in [0.25, 0.3) is 0 Å². The number of thioether (sulfide) groups is 1. The van der Waals surface area contributed by atoms with Crippen molar-refractivity contribution in [2.45, 2.75) is 6.92 Å². The summed E-state index contributed by atoms with van der Waals surface area (Å²) < 4.78 is 9.51. The zero-order valence-corrected chi connectivity index (χ0v) is 11.3. The highest BCUT2D eigenvalue weighted by Crippen LogP contribution is 2.06. The van der Waals surface area contributed by atoms with E-state index in [4.69, 9.17) is 4.52 Å². The first-order valence-electron chi connectivity index (χ1n) is 5.90. The van der Waals surface area contributed by atoms with Gasteiger partial charge in [-0.3, -0.25) is 14.6 Å². The molecule has 1 saturated heterocycles. The van der Waals surface area contributed by atoms with Crippen molar-refractivity contribution in [3.63, 3.8) is 0 Å². The minimum absolute atomic E-state index is 0.108. The molecule has 0 spiro atoms. The highest BCUT2D eigenvalue weighted by molar-refractivity contribution is 7.99. The largest absolute Gasteiger partial charge is 0.459 e. The SMILES string of the molecule is CCOC(=O)C(=O)Nc1c[n+](N2CCSCC2)no1. The molecule has 1 aromatic heterocycles. The van der Waals surface area contributed by atoms with Crippen LogP contribution in [0.3, 0.4) is 0 Å². The number of hydrogen-bond acceptors (Lipinski definition) is 7. The highest BCUT2D eigenvalue weighted by atomic mass is 32.2. The predicted molar refractivity (Wildman–Crippen MR) is 67.2 cm³/mol. The Morgan fingerprint density at radius 2 is 2.32 bits per heavy atom. The zero-order chi connectivity index (χ0) is 13.7. The molecular weight excluding hydrogens is 272 g/mol. The summed E-state index contributed by atoms with van der Waals surface area (Å²) in [5.41, 5.74) is 0. The van der Waals surface area contributed by atoms with Crippen LogP contribution in [-0.2, 0) is 14.3 Å². The van der Waals surface area contributed by atoms with Crippen LogP contribution in [0.2, 0.25) is 0 Å². The van der Waals surface area contributed by atoms with Crippen LogP contribution in [0.4, 0.5) is 5.88 Å². The minimum Gasteiger partial charge on any atom is -0.459 e. The Morgan fingerprint density at radius 3 is 3.00 bits per heavy atom. The molecule has 1 amide bonds. The first kappa shape index (κ1) is 13.7. The van der Waals surface area contributed by atoms with Crippen molar-refractivity contribution in [2.24, 2.45) is 0 Å². The average Bonchev–Trinajstić information content (AvgIpc) is 2.88. The highest BCUT2D eigenvalue weighted by Gasteiger charge is 2.25. The number of anilines is 1. The van der Waals surface area contributed by atoms with Gasteiger partial charge in [0.1, 0.15) is 0 Å². The lowest BCUT2D eigenvalue weighted by Gasteiger charge is -2.17. The molecule has 2 rings (SSSR count). The van der Waals surface area contributed by atoms with Crippen molar-refractivity contribution in [2.75, 3.05) is 41.5 Å². The van der Waals surface area contributed by atoms with E-state index in [1.54, 1.807) is 6.92 Å². The van der Waals surface area contributed by atoms with Gasteiger partial charge in [0, 0.05) is 11.5 Å². The van der Waals surface area contributed by atoms with Crippen molar-refractivity contribution in [3.05, 3.63) is 6.20 Å². The van der Waals surface area contributed by atoms with E-state index in [-0.39, 0.29) is 12.5 Å². The molecular formula is C10H15N4O4S+. The van der Waals surface area contributed by atoms with E-state index in [1.807, 2.05) is 16.8 Å². The molecule has 1 aliphatic rings. The third-order valence-corrected chi connectivity index (χ3v) is 3.37. The molecule has 0 radical (unpaired) electrons. The number of carbonyl (C=O) groups is 2. The fourth-order valence-corrected chi connectivity index (χ4v) is 2.43. The number of amides is 1. The van der Waals surface area contributed by atoms with Gasteiger partial charge in [0.15, 0.2) is 0 Å². The van der Waals surface area contributed by atoms with Gasteiger partial charge in [-0.05, 0) is 6.92 Å². The summed E-state index contributed by atoms with van der Waals surface area (Å²) in [6.07, 6.45) is 1.52. The first-order chi connectivity index (χ1) is 9.20. The molecule has 0 aromatic carbocycles. The van der Waals surface area contributed by atoms with Crippen LogP contribution in [0.5, 0.6) is 0 Å². The molecule has 9 heteroatoms. The molecule has 0 saturated carbocycles. The third kappa shape index (κ3) is 3.60. The Balaban J connectivity index is 1.93. The summed E-state index contributed by atoms with van der Waals surface area (Å²) >= 11 is 1.88. The van der Waals surface area contributed by atoms with Gasteiger partial charge < -0.3 is 4.74 Å². The van der Waals surface area contributed by atoms with Crippen LogP contribution in [0, 0.1) is 0 Å². The second-order valence-corrected chi connectivity index (χ2v) is 4.95. The molecule has 2 heterocycles. The minimum atomic E-state index is -0.945. The number of rotatable bonds is 3. The van der Waals surface area contributed by atoms with Gasteiger partial charge in [-0.25, -0.2) is 4.79 Å². The summed E-state index contributed by atoms with van der Waals surface area (Å²) in [5, 5.41) is 8.07. The van der Waals surface area contributed by atoms with E-state index in [2.05, 4.69) is 15.3 Å². The monoisotopic (exact) mass is 287 g/mol. The first-order valence-corrected chi connectivity index (χ1v) is 7.06. The molecule has 19 heavy (non-hydrogen) atoms. The topological polar surface area (TPSA) is 88.6 Å². The molecule has 0 unspecified atom stereocenters. The Kier molecular flexibility index (Phi) is 4.61. The molecule has 0 bridgehead atoms. The molecule has 0 aliphatic carbocycles. The number of esters is 1. The summed E-state index contributed by atoms with van der Waals surface area (Å²) in [6.45, 7) is 3.48. The standard InChI is InChI=1S/C10H14N4O4S/c1-2-17-10(16)9(15)11-8-7-14(12-18-8)13-3-5-19-6-4-13/h7H,2-6H2,1H3/p+1. The second-order valence-electron chi connectivity index (χ2n) is 3.73. The van der Waals surface area contributed by atoms with Gasteiger partial charge in [-0.1, -0.05) is 0 Å². The fraction of sp³-hybridized carbons (Fsp3) is 0.600. The van der Waals surface area contributed by atoms with Gasteiger partial charge in [0.25, 0.3) is 6.20 Å². The Morgan fingerprint density at radius 1 is 1.58 bits per heavy atom. The van der Waals surface area contributed by atoms with E-state index >= 15 is 0 Å². The second kappa shape index (κ2) is 6.41. The number of ether oxygens (including phenoxy) is 1. The van der Waals surface area contributed by atoms with Gasteiger partial charge in [-0.2, -0.15) is 16.8 Å². The summed E-state index contributed by atoms with van der Waals surface area (Å²) in [7, 11) is 0. The molecule has 1 fully saturated rings. The van der Waals surface area contributed by atoms with Crippen LogP contribution in [0.15, 0.2) is 10.7 Å². The predicted octanol–water partition coefficient (Wildman–Crippen LogP) is -0.851. The van der Waals surface area contributed by atoms with E-state index < -0.39 is 11.9 Å². The van der Waals surface area contributed by atoms with Gasteiger partial charge in [-0.15, -0.1) is 0 Å². The van der Waals surface area contributed by atoms with E-state index in [9.17, 15) is 9.59 Å². The Labute approximate surface area is 114 Å². The summed E-state index contributed by atoms with van der Waals surface area (Å²) in [6, 6.07) is 0. The number of hydrogen-bond donors (Lipinski definition) is 1. The van der Waals surface area contributed by atoms with E-state index in [0.717, 1.165) is 24.6 Å². The maximum atomic E-state index is 11.4.